The van der Waals surface area contributed by atoms with Gasteiger partial charge in [-0.1, -0.05) is 20.8 Å². The van der Waals surface area contributed by atoms with E-state index in [0.717, 1.165) is 37.4 Å². The molecule has 5 nitrogen and oxygen atoms in total. The van der Waals surface area contributed by atoms with Crippen molar-refractivity contribution < 1.29 is 0 Å². The molecular weight excluding hydrogens is 262 g/mol. The summed E-state index contributed by atoms with van der Waals surface area (Å²) in [4.78, 5) is 4.43. The fraction of sp³-hybridized carbons (Fsp3) is 0.625. The molecule has 0 spiro atoms. The summed E-state index contributed by atoms with van der Waals surface area (Å²) in [6.07, 6.45) is 7.13. The van der Waals surface area contributed by atoms with Crippen LogP contribution in [0.1, 0.15) is 51.5 Å². The van der Waals surface area contributed by atoms with E-state index in [2.05, 4.69) is 66.1 Å². The van der Waals surface area contributed by atoms with Crippen molar-refractivity contribution >= 4 is 0 Å². The second-order valence-corrected chi connectivity index (χ2v) is 6.11. The number of nitrogens with zero attached hydrogens (tertiary/aromatic N) is 4. The minimum Gasteiger partial charge on any atom is -0.331 e. The van der Waals surface area contributed by atoms with Crippen molar-refractivity contribution in [2.75, 3.05) is 6.54 Å². The zero-order valence-corrected chi connectivity index (χ0v) is 13.6. The number of rotatable bonds is 8. The Bertz CT molecular complexity index is 540. The summed E-state index contributed by atoms with van der Waals surface area (Å²) in [6.45, 7) is 11.4. The highest BCUT2D eigenvalue weighted by molar-refractivity contribution is 5.03. The molecule has 2 aromatic heterocycles. The van der Waals surface area contributed by atoms with Crippen molar-refractivity contribution in [3.63, 3.8) is 0 Å². The predicted molar refractivity (Wildman–Crippen MR) is 85.1 cm³/mol. The van der Waals surface area contributed by atoms with E-state index in [0.29, 0.717) is 12.0 Å². The van der Waals surface area contributed by atoms with Crippen molar-refractivity contribution in [2.24, 2.45) is 5.92 Å². The molecule has 1 unspecified atom stereocenters. The van der Waals surface area contributed by atoms with Gasteiger partial charge in [0.25, 0.3) is 0 Å². The number of nitrogens with one attached hydrogen (secondary N) is 1. The van der Waals surface area contributed by atoms with Crippen LogP contribution >= 0.6 is 0 Å². The first-order valence-electron chi connectivity index (χ1n) is 7.83. The first kappa shape index (κ1) is 15.8. The third kappa shape index (κ3) is 4.70. The number of imidazole rings is 1. The van der Waals surface area contributed by atoms with Crippen molar-refractivity contribution in [3.8, 4) is 0 Å². The molecule has 116 valence electrons. The first-order valence-corrected chi connectivity index (χ1v) is 7.83. The van der Waals surface area contributed by atoms with Crippen LogP contribution in [-0.2, 0) is 13.1 Å². The van der Waals surface area contributed by atoms with Crippen LogP contribution in [0.2, 0.25) is 0 Å². The Hall–Kier alpha value is -1.62. The molecule has 0 aliphatic carbocycles. The summed E-state index contributed by atoms with van der Waals surface area (Å²) in [5, 5.41) is 8.03. The quantitative estimate of drug-likeness (QED) is 0.813. The van der Waals surface area contributed by atoms with Crippen molar-refractivity contribution in [1.82, 2.24) is 24.6 Å². The summed E-state index contributed by atoms with van der Waals surface area (Å²) in [6, 6.07) is 2.54. The Morgan fingerprint density at radius 3 is 2.76 bits per heavy atom. The van der Waals surface area contributed by atoms with Crippen LogP contribution in [-0.4, -0.2) is 25.9 Å². The van der Waals surface area contributed by atoms with Crippen LogP contribution in [0.5, 0.6) is 0 Å². The van der Waals surface area contributed by atoms with Crippen molar-refractivity contribution in [1.29, 1.82) is 0 Å². The molecule has 2 aromatic rings. The molecule has 0 aliphatic heterocycles. The number of hydrogen-bond donors (Lipinski definition) is 1. The zero-order chi connectivity index (χ0) is 15.2. The molecule has 1 N–H and O–H groups in total. The van der Waals surface area contributed by atoms with Gasteiger partial charge in [-0.25, -0.2) is 4.98 Å². The predicted octanol–water partition coefficient (Wildman–Crippen LogP) is 2.84. The van der Waals surface area contributed by atoms with Crippen LogP contribution < -0.4 is 5.32 Å². The average molecular weight is 289 g/mol. The minimum atomic E-state index is 0.456. The second-order valence-electron chi connectivity index (χ2n) is 6.11. The molecule has 0 saturated carbocycles. The van der Waals surface area contributed by atoms with Gasteiger partial charge in [-0.3, -0.25) is 4.68 Å². The van der Waals surface area contributed by atoms with Gasteiger partial charge >= 0.3 is 0 Å². The van der Waals surface area contributed by atoms with E-state index < -0.39 is 0 Å². The lowest BCUT2D eigenvalue weighted by Gasteiger charge is -2.08. The van der Waals surface area contributed by atoms with E-state index in [1.807, 2.05) is 11.0 Å². The molecule has 2 rings (SSSR count). The monoisotopic (exact) mass is 289 g/mol. The maximum Gasteiger partial charge on any atom is 0.0953 e. The highest BCUT2D eigenvalue weighted by atomic mass is 15.3. The molecule has 2 heterocycles. The lowest BCUT2D eigenvalue weighted by Crippen LogP contribution is -2.19. The van der Waals surface area contributed by atoms with E-state index >= 15 is 0 Å². The van der Waals surface area contributed by atoms with Crippen LogP contribution in [0.25, 0.3) is 0 Å². The number of hydrogen-bond acceptors (Lipinski definition) is 3. The Morgan fingerprint density at radius 2 is 2.05 bits per heavy atom. The van der Waals surface area contributed by atoms with Crippen molar-refractivity contribution in [2.45, 2.75) is 53.2 Å². The van der Waals surface area contributed by atoms with E-state index in [1.54, 1.807) is 0 Å². The van der Waals surface area contributed by atoms with Crippen LogP contribution in [0, 0.1) is 5.92 Å². The van der Waals surface area contributed by atoms with Gasteiger partial charge in [0.15, 0.2) is 0 Å². The van der Waals surface area contributed by atoms with Gasteiger partial charge in [-0.2, -0.15) is 5.10 Å². The topological polar surface area (TPSA) is 47.7 Å². The van der Waals surface area contributed by atoms with E-state index in [1.165, 1.54) is 0 Å². The van der Waals surface area contributed by atoms with Gasteiger partial charge in [0.1, 0.15) is 0 Å². The Labute approximate surface area is 127 Å². The van der Waals surface area contributed by atoms with Crippen molar-refractivity contribution in [3.05, 3.63) is 36.2 Å². The normalized spacial score (nSPS) is 13.0. The molecule has 0 radical (unpaired) electrons. The lowest BCUT2D eigenvalue weighted by molar-refractivity contribution is 0.472. The highest BCUT2D eigenvalue weighted by Crippen LogP contribution is 2.10. The van der Waals surface area contributed by atoms with Gasteiger partial charge in [-0.05, 0) is 31.9 Å². The molecule has 0 aliphatic rings. The Balaban J connectivity index is 1.88. The maximum atomic E-state index is 4.62. The number of aromatic nitrogens is 4. The molecule has 0 saturated heterocycles. The standard InChI is InChI=1S/C16H27N5/c1-5-14(4)21-7-6-15(19-21)10-20-11-16(18-12-20)9-17-8-13(2)3/h6-7,11-14,17H,5,8-10H2,1-4H3. The first-order chi connectivity index (χ1) is 10.1. The zero-order valence-electron chi connectivity index (χ0n) is 13.6. The molecule has 1 atom stereocenters. The Morgan fingerprint density at radius 1 is 1.24 bits per heavy atom. The summed E-state index contributed by atoms with van der Waals surface area (Å²) >= 11 is 0. The van der Waals surface area contributed by atoms with Gasteiger partial charge in [0, 0.05) is 25.0 Å². The van der Waals surface area contributed by atoms with Gasteiger partial charge in [0.05, 0.1) is 24.3 Å². The molecule has 21 heavy (non-hydrogen) atoms. The molecule has 0 bridgehead atoms. The third-order valence-corrected chi connectivity index (χ3v) is 3.60. The summed E-state index contributed by atoms with van der Waals surface area (Å²) in [7, 11) is 0. The van der Waals surface area contributed by atoms with Gasteiger partial charge in [-0.15, -0.1) is 0 Å². The SMILES string of the molecule is CCC(C)n1ccc(Cn2cnc(CNCC(C)C)c2)n1. The minimum absolute atomic E-state index is 0.456. The Kier molecular flexibility index (Phi) is 5.56. The van der Waals surface area contributed by atoms with E-state index in [4.69, 9.17) is 0 Å². The summed E-state index contributed by atoms with van der Waals surface area (Å²) in [5.74, 6) is 0.664. The average Bonchev–Trinajstić information content (AvgIpc) is 3.08. The molecule has 0 fully saturated rings. The fourth-order valence-corrected chi connectivity index (χ4v) is 2.15. The van der Waals surface area contributed by atoms with Crippen LogP contribution in [0.15, 0.2) is 24.8 Å². The van der Waals surface area contributed by atoms with E-state index in [9.17, 15) is 0 Å². The molecule has 0 amide bonds. The third-order valence-electron chi connectivity index (χ3n) is 3.60. The summed E-state index contributed by atoms with van der Waals surface area (Å²) in [5.41, 5.74) is 2.16. The highest BCUT2D eigenvalue weighted by Gasteiger charge is 2.06. The largest absolute Gasteiger partial charge is 0.331 e. The van der Waals surface area contributed by atoms with Gasteiger partial charge in [0.2, 0.25) is 0 Å². The van der Waals surface area contributed by atoms with Crippen LogP contribution in [0.3, 0.4) is 0 Å². The van der Waals surface area contributed by atoms with Gasteiger partial charge < -0.3 is 9.88 Å². The smallest absolute Gasteiger partial charge is 0.0953 e. The second kappa shape index (κ2) is 7.41. The summed E-state index contributed by atoms with van der Waals surface area (Å²) < 4.78 is 4.13. The van der Waals surface area contributed by atoms with E-state index in [-0.39, 0.29) is 0 Å². The maximum absolute atomic E-state index is 4.62. The van der Waals surface area contributed by atoms with Crippen LogP contribution in [0.4, 0.5) is 0 Å². The fourth-order valence-electron chi connectivity index (χ4n) is 2.15. The molecule has 5 heteroatoms. The molecular formula is C16H27N5. The lowest BCUT2D eigenvalue weighted by atomic mass is 10.2. The molecule has 0 aromatic carbocycles.